The van der Waals surface area contributed by atoms with Gasteiger partial charge in [-0.25, -0.2) is 0 Å². The normalized spacial score (nSPS) is 36.0. The molecule has 0 aromatic carbocycles. The van der Waals surface area contributed by atoms with Crippen LogP contribution in [-0.2, 0) is 0 Å². The van der Waals surface area contributed by atoms with Gasteiger partial charge in [0.25, 0.3) is 0 Å². The van der Waals surface area contributed by atoms with E-state index in [1.165, 1.54) is 0 Å². The largest absolute Gasteiger partial charge is 0.159 e. The summed E-state index contributed by atoms with van der Waals surface area (Å²) in [5.74, 6) is 0. The summed E-state index contributed by atoms with van der Waals surface area (Å²) in [5.41, 5.74) is -0.141. The van der Waals surface area contributed by atoms with Gasteiger partial charge in [-0.2, -0.15) is 14.8 Å². The van der Waals surface area contributed by atoms with Crippen LogP contribution in [-0.4, -0.2) is 55.7 Å². The monoisotopic (exact) mass is 784 g/mol. The molecule has 4 rings (SSSR count). The van der Waals surface area contributed by atoms with Crippen molar-refractivity contribution in [3.8, 4) is 0 Å². The molecule has 39 heavy (non-hydrogen) atoms. The number of rotatable bonds is 0. The Morgan fingerprint density at radius 3 is 0.538 bits per heavy atom. The highest BCUT2D eigenvalue weighted by Crippen LogP contribution is 2.64. The number of hydrogen-bond acceptors (Lipinski definition) is 23. The third-order valence-corrected chi connectivity index (χ3v) is 20.8. The van der Waals surface area contributed by atoms with E-state index in [2.05, 4.69) is 117 Å². The van der Waals surface area contributed by atoms with Crippen molar-refractivity contribution in [1.29, 1.82) is 0 Å². The second-order valence-electron chi connectivity index (χ2n) is 12.1. The van der Waals surface area contributed by atoms with E-state index in [1.54, 1.807) is 158 Å². The van der Waals surface area contributed by atoms with Crippen molar-refractivity contribution in [2.24, 2.45) is 0 Å². The molecule has 4 atom stereocenters. The SMILES string of the molecule is CC(C)(C)N1SN2SN3SN(SN(S2)SN(C(C)(C)C)S1)SN1SN(S3)SN(C(C)(C)C)SN(C(C)(C)C)S1. The van der Waals surface area contributed by atoms with Gasteiger partial charge in [-0.1, -0.05) is 18.7 Å². The average Bonchev–Trinajstić information content (AvgIpc) is 2.66. The van der Waals surface area contributed by atoms with E-state index in [1.807, 2.05) is 0 Å². The summed E-state index contributed by atoms with van der Waals surface area (Å²) >= 11 is 22.5. The molecule has 0 radical (unpaired) electrons. The molecular weight excluding hydrogens is 749 g/mol. The molecule has 4 aliphatic rings. The Morgan fingerprint density at radius 1 is 0.231 bits per heavy atom. The zero-order valence-corrected chi connectivity index (χ0v) is 34.4. The van der Waals surface area contributed by atoms with Crippen molar-refractivity contribution in [2.45, 2.75) is 105 Å². The summed E-state index contributed by atoms with van der Waals surface area (Å²) in [7, 11) is 0. The second kappa shape index (κ2) is 14.1. The predicted octanol–water partition coefficient (Wildman–Crippen LogP) is 10.6. The topological polar surface area (TPSA) is 32.4 Å². The van der Waals surface area contributed by atoms with E-state index in [-0.39, 0.29) is 22.2 Å². The van der Waals surface area contributed by atoms with Crippen LogP contribution < -0.4 is 0 Å². The summed E-state index contributed by atoms with van der Waals surface area (Å²) in [4.78, 5) is 0. The lowest BCUT2D eigenvalue weighted by Crippen LogP contribution is -2.43. The van der Waals surface area contributed by atoms with E-state index in [4.69, 9.17) is 0 Å². The van der Waals surface area contributed by atoms with Crippen LogP contribution in [0.4, 0.5) is 0 Å². The van der Waals surface area contributed by atoms with Crippen molar-refractivity contribution in [2.75, 3.05) is 0 Å². The van der Waals surface area contributed by atoms with E-state index < -0.39 is 0 Å². The third kappa shape index (κ3) is 10.6. The van der Waals surface area contributed by atoms with Crippen LogP contribution in [0, 0.1) is 0 Å². The van der Waals surface area contributed by atoms with Gasteiger partial charge in [0.15, 0.2) is 0 Å². The fourth-order valence-electron chi connectivity index (χ4n) is 2.07. The molecule has 228 valence electrons. The van der Waals surface area contributed by atoms with Gasteiger partial charge in [0.1, 0.15) is 0 Å². The molecule has 23 heteroatoms. The van der Waals surface area contributed by atoms with E-state index in [9.17, 15) is 0 Å². The van der Waals surface area contributed by atoms with Crippen molar-refractivity contribution >= 4 is 158 Å². The lowest BCUT2D eigenvalue weighted by atomic mass is 10.1. The van der Waals surface area contributed by atoms with E-state index >= 15 is 0 Å². The maximum Gasteiger partial charge on any atom is 0.0586 e. The van der Waals surface area contributed by atoms with Crippen molar-refractivity contribution in [3.05, 3.63) is 0 Å². The van der Waals surface area contributed by atoms with Crippen LogP contribution in [0.5, 0.6) is 0 Å². The summed E-state index contributed by atoms with van der Waals surface area (Å²) in [6.45, 7) is 27.2. The highest BCUT2D eigenvalue weighted by atomic mass is 32.4. The maximum absolute atomic E-state index is 2.39. The zero-order chi connectivity index (χ0) is 29.0. The first-order chi connectivity index (χ1) is 17.8. The Morgan fingerprint density at radius 2 is 0.385 bits per heavy atom. The van der Waals surface area contributed by atoms with Gasteiger partial charge in [-0.3, -0.25) is 0 Å². The molecule has 0 aromatic rings. The molecule has 0 aliphatic carbocycles. The molecule has 10 nitrogen and oxygen atoms in total. The lowest BCUT2D eigenvalue weighted by molar-refractivity contribution is 0.366. The molecule has 4 aliphatic heterocycles. The van der Waals surface area contributed by atoms with Gasteiger partial charge in [0.2, 0.25) is 0 Å². The van der Waals surface area contributed by atoms with Crippen molar-refractivity contribution < 1.29 is 0 Å². The summed E-state index contributed by atoms with van der Waals surface area (Å²) < 4.78 is 23.2. The van der Waals surface area contributed by atoms with Gasteiger partial charge in [-0.05, 0) is 83.1 Å². The minimum absolute atomic E-state index is 0.0353. The highest BCUT2D eigenvalue weighted by molar-refractivity contribution is 8.46. The minimum Gasteiger partial charge on any atom is -0.159 e. The van der Waals surface area contributed by atoms with Gasteiger partial charge < -0.3 is 0 Å². The van der Waals surface area contributed by atoms with Gasteiger partial charge in [-0.15, -0.1) is 0 Å². The van der Waals surface area contributed by atoms with Gasteiger partial charge >= 0.3 is 0 Å². The third-order valence-electron chi connectivity index (χ3n) is 3.98. The molecule has 4 fully saturated rings. The quantitative estimate of drug-likeness (QED) is 0.218. The van der Waals surface area contributed by atoms with Crippen molar-refractivity contribution in [1.82, 2.24) is 33.5 Å². The first kappa shape index (κ1) is 36.0. The summed E-state index contributed by atoms with van der Waals surface area (Å²) in [6.07, 6.45) is 0. The number of nitrogens with zero attached hydrogens (tertiary/aromatic N) is 10. The molecule has 0 spiro atoms. The van der Waals surface area contributed by atoms with Crippen LogP contribution in [0.2, 0.25) is 0 Å². The first-order valence-electron chi connectivity index (χ1n) is 11.6. The van der Waals surface area contributed by atoms with Gasteiger partial charge in [0.05, 0.1) is 84.9 Å². The van der Waals surface area contributed by atoms with Crippen LogP contribution in [0.1, 0.15) is 83.1 Å². The molecule has 0 N–H and O–H groups in total. The molecule has 4 heterocycles. The second-order valence-corrected chi connectivity index (χ2v) is 28.8. The fourth-order valence-corrected chi connectivity index (χ4v) is 21.8. The molecule has 0 saturated carbocycles. The van der Waals surface area contributed by atoms with Crippen LogP contribution in [0.25, 0.3) is 0 Å². The first-order valence-corrected chi connectivity index (χ1v) is 21.1. The van der Waals surface area contributed by atoms with E-state index in [0.29, 0.717) is 0 Å². The zero-order valence-electron chi connectivity index (χ0n) is 23.8. The average molecular weight is 785 g/mol. The molecule has 0 amide bonds. The van der Waals surface area contributed by atoms with Gasteiger partial charge in [0, 0.05) is 95.0 Å². The molecular formula is C16H36N10S13. The smallest absolute Gasteiger partial charge is 0.0586 e. The van der Waals surface area contributed by atoms with Crippen LogP contribution >= 0.6 is 158 Å². The maximum atomic E-state index is 2.39. The fraction of sp³-hybridized carbons (Fsp3) is 1.00. The Kier molecular flexibility index (Phi) is 13.0. The lowest BCUT2D eigenvalue weighted by Gasteiger charge is -2.48. The molecule has 4 saturated heterocycles. The molecule has 0 aromatic heterocycles. The van der Waals surface area contributed by atoms with Crippen LogP contribution in [0.15, 0.2) is 0 Å². The Balaban J connectivity index is 1.61. The van der Waals surface area contributed by atoms with Crippen molar-refractivity contribution in [3.63, 3.8) is 0 Å². The summed E-state index contributed by atoms with van der Waals surface area (Å²) in [5, 5.41) is 0. The highest BCUT2D eigenvalue weighted by Gasteiger charge is 2.45. The Hall–Kier alpha value is 4.15. The Labute approximate surface area is 293 Å². The van der Waals surface area contributed by atoms with Crippen LogP contribution in [0.3, 0.4) is 0 Å². The number of hydrogen-bond donors (Lipinski definition) is 0. The standard InChI is InChI=1S/C16H36N10S13/c1-13(2,3)17-27-18(14(4,5)6)30-22-33-21(29-17)35-25-37-23-31-19(15(7,8)9)28-20(16(10,11)12)32-24(34-23)38-26(36-22)39-25/h1-12H3. The predicted molar refractivity (Wildman–Crippen MR) is 196 cm³/mol. The Bertz CT molecular complexity index is 710. The summed E-state index contributed by atoms with van der Waals surface area (Å²) in [6, 6.07) is 0. The van der Waals surface area contributed by atoms with E-state index in [0.717, 1.165) is 0 Å². The molecule has 6 bridgehead atoms. The molecule has 4 unspecified atom stereocenters. The number of fused-ring (bicyclic) bond motifs is 6. The minimum atomic E-state index is -0.0353.